The molecular weight excluding hydrogens is 464 g/mol. The highest BCUT2D eigenvalue weighted by Gasteiger charge is 2.45. The standard InChI is InChI=1S/C27H39ClN4O3/c1-7-8-9-22(31-26(35)27(5,6)19-10-12-20(28)13-11-19)25(34)32-15-14-21(17(2)3)23(32)24(33)30-18(4)16-29/h10-13,17-18,21-23H,7-9,14-15H2,1-6H3,(H,30,33)(H,31,35)/t18-,21+,22-,23?/m0/s1. The molecule has 1 aliphatic heterocycles. The smallest absolute Gasteiger partial charge is 0.245 e. The lowest BCUT2D eigenvalue weighted by molar-refractivity contribution is -0.143. The van der Waals surface area contributed by atoms with Crippen LogP contribution in [0, 0.1) is 23.2 Å². The molecule has 1 heterocycles. The molecule has 0 bridgehead atoms. The van der Waals surface area contributed by atoms with Crippen molar-refractivity contribution < 1.29 is 14.4 Å². The Hall–Kier alpha value is -2.59. The maximum absolute atomic E-state index is 13.8. The van der Waals surface area contributed by atoms with Crippen molar-refractivity contribution in [1.82, 2.24) is 15.5 Å². The van der Waals surface area contributed by atoms with Crippen molar-refractivity contribution in [3.63, 3.8) is 0 Å². The quantitative estimate of drug-likeness (QED) is 0.500. The van der Waals surface area contributed by atoms with Crippen molar-refractivity contribution in [2.24, 2.45) is 11.8 Å². The van der Waals surface area contributed by atoms with Gasteiger partial charge in [0.2, 0.25) is 17.7 Å². The molecule has 0 spiro atoms. The molecule has 0 radical (unpaired) electrons. The molecule has 1 aromatic carbocycles. The monoisotopic (exact) mass is 502 g/mol. The van der Waals surface area contributed by atoms with Crippen molar-refractivity contribution >= 4 is 29.3 Å². The summed E-state index contributed by atoms with van der Waals surface area (Å²) in [7, 11) is 0. The Bertz CT molecular complexity index is 939. The Balaban J connectivity index is 2.29. The minimum Gasteiger partial charge on any atom is -0.344 e. The second-order valence-corrected chi connectivity index (χ2v) is 10.8. The van der Waals surface area contributed by atoms with E-state index >= 15 is 0 Å². The van der Waals surface area contributed by atoms with E-state index in [4.69, 9.17) is 16.9 Å². The van der Waals surface area contributed by atoms with Gasteiger partial charge in [0, 0.05) is 11.6 Å². The Morgan fingerprint density at radius 3 is 2.34 bits per heavy atom. The van der Waals surface area contributed by atoms with E-state index < -0.39 is 23.5 Å². The maximum atomic E-state index is 13.8. The van der Waals surface area contributed by atoms with Gasteiger partial charge in [-0.15, -0.1) is 0 Å². The number of likely N-dealkylation sites (tertiary alicyclic amines) is 1. The third kappa shape index (κ3) is 6.98. The minimum atomic E-state index is -0.875. The van der Waals surface area contributed by atoms with Crippen LogP contribution in [0.15, 0.2) is 24.3 Å². The summed E-state index contributed by atoms with van der Waals surface area (Å²) in [6, 6.07) is 7.09. The normalized spacial score (nSPS) is 19.7. The minimum absolute atomic E-state index is 0.0159. The first-order valence-corrected chi connectivity index (χ1v) is 12.9. The van der Waals surface area contributed by atoms with E-state index in [-0.39, 0.29) is 29.6 Å². The van der Waals surface area contributed by atoms with Crippen molar-refractivity contribution in [2.75, 3.05) is 6.54 Å². The number of hydrogen-bond acceptors (Lipinski definition) is 4. The van der Waals surface area contributed by atoms with Gasteiger partial charge in [-0.1, -0.05) is 57.3 Å². The van der Waals surface area contributed by atoms with Crippen molar-refractivity contribution in [3.05, 3.63) is 34.9 Å². The van der Waals surface area contributed by atoms with Gasteiger partial charge in [-0.2, -0.15) is 5.26 Å². The highest BCUT2D eigenvalue weighted by molar-refractivity contribution is 6.30. The first kappa shape index (κ1) is 28.6. The van der Waals surface area contributed by atoms with Crippen molar-refractivity contribution in [2.45, 2.75) is 90.8 Å². The highest BCUT2D eigenvalue weighted by atomic mass is 35.5. The number of rotatable bonds is 10. The SMILES string of the molecule is CCCC[C@H](NC(=O)C(C)(C)c1ccc(Cl)cc1)C(=O)N1CC[C@H](C(C)C)C1C(=O)N[C@@H](C)C#N. The van der Waals surface area contributed by atoms with Crippen LogP contribution in [0.3, 0.4) is 0 Å². The van der Waals surface area contributed by atoms with E-state index in [0.29, 0.717) is 24.4 Å². The van der Waals surface area contributed by atoms with Crippen LogP contribution in [-0.4, -0.2) is 47.3 Å². The lowest BCUT2D eigenvalue weighted by atomic mass is 9.83. The molecule has 35 heavy (non-hydrogen) atoms. The molecule has 1 aliphatic rings. The van der Waals surface area contributed by atoms with Gasteiger partial charge >= 0.3 is 0 Å². The Kier molecular flexibility index (Phi) is 10.1. The average Bonchev–Trinajstić information content (AvgIpc) is 3.27. The van der Waals surface area contributed by atoms with Gasteiger partial charge in [0.1, 0.15) is 18.1 Å². The average molecular weight is 503 g/mol. The molecule has 2 N–H and O–H groups in total. The third-order valence-electron chi connectivity index (χ3n) is 6.99. The van der Waals surface area contributed by atoms with E-state index in [0.717, 1.165) is 18.4 Å². The van der Waals surface area contributed by atoms with Crippen LogP contribution in [0.1, 0.15) is 72.8 Å². The third-order valence-corrected chi connectivity index (χ3v) is 7.24. The molecular formula is C27H39ClN4O3. The van der Waals surface area contributed by atoms with E-state index in [1.54, 1.807) is 24.0 Å². The number of unbranched alkanes of at least 4 members (excludes halogenated alkanes) is 1. The fourth-order valence-electron chi connectivity index (χ4n) is 4.63. The van der Waals surface area contributed by atoms with Crippen LogP contribution >= 0.6 is 11.6 Å². The fraction of sp³-hybridized carbons (Fsp3) is 0.630. The summed E-state index contributed by atoms with van der Waals surface area (Å²) < 4.78 is 0. The molecule has 1 unspecified atom stereocenters. The number of nitriles is 1. The molecule has 0 aromatic heterocycles. The molecule has 7 nitrogen and oxygen atoms in total. The number of carbonyl (C=O) groups excluding carboxylic acids is 3. The molecule has 1 saturated heterocycles. The molecule has 0 aliphatic carbocycles. The van der Waals surface area contributed by atoms with Crippen molar-refractivity contribution in [1.29, 1.82) is 5.26 Å². The van der Waals surface area contributed by atoms with Gasteiger partial charge in [-0.3, -0.25) is 14.4 Å². The number of hydrogen-bond donors (Lipinski definition) is 2. The molecule has 1 fully saturated rings. The Labute approximate surface area is 214 Å². The Morgan fingerprint density at radius 2 is 1.80 bits per heavy atom. The van der Waals surface area contributed by atoms with Crippen LogP contribution in [0.4, 0.5) is 0 Å². The number of carbonyl (C=O) groups is 3. The molecule has 8 heteroatoms. The zero-order valence-corrected chi connectivity index (χ0v) is 22.5. The number of nitrogens with zero attached hydrogens (tertiary/aromatic N) is 2. The van der Waals surface area contributed by atoms with Gasteiger partial charge < -0.3 is 15.5 Å². The van der Waals surface area contributed by atoms with E-state index in [1.165, 1.54) is 0 Å². The lowest BCUT2D eigenvalue weighted by Gasteiger charge is -2.33. The number of amides is 3. The van der Waals surface area contributed by atoms with E-state index in [2.05, 4.69) is 10.6 Å². The predicted octanol–water partition coefficient (Wildman–Crippen LogP) is 4.19. The van der Waals surface area contributed by atoms with Gasteiger partial charge in [0.25, 0.3) is 0 Å². The topological polar surface area (TPSA) is 102 Å². The highest BCUT2D eigenvalue weighted by Crippen LogP contribution is 2.32. The number of nitrogens with one attached hydrogen (secondary N) is 2. The second kappa shape index (κ2) is 12.4. The zero-order chi connectivity index (χ0) is 26.3. The van der Waals surface area contributed by atoms with E-state index in [9.17, 15) is 14.4 Å². The van der Waals surface area contributed by atoms with Gasteiger partial charge in [-0.25, -0.2) is 0 Å². The lowest BCUT2D eigenvalue weighted by Crippen LogP contribution is -2.57. The van der Waals surface area contributed by atoms with Crippen molar-refractivity contribution in [3.8, 4) is 6.07 Å². The van der Waals surface area contributed by atoms with Gasteiger partial charge in [0.05, 0.1) is 11.5 Å². The summed E-state index contributed by atoms with van der Waals surface area (Å²) in [6.45, 7) is 11.8. The summed E-state index contributed by atoms with van der Waals surface area (Å²) in [6.07, 6.45) is 2.83. The van der Waals surface area contributed by atoms with Crippen LogP contribution in [-0.2, 0) is 19.8 Å². The Morgan fingerprint density at radius 1 is 1.17 bits per heavy atom. The molecule has 2 rings (SSSR count). The first-order valence-electron chi connectivity index (χ1n) is 12.5. The summed E-state index contributed by atoms with van der Waals surface area (Å²) in [4.78, 5) is 41.9. The van der Waals surface area contributed by atoms with Crippen LogP contribution in [0.25, 0.3) is 0 Å². The summed E-state index contributed by atoms with van der Waals surface area (Å²) >= 11 is 6.01. The second-order valence-electron chi connectivity index (χ2n) is 10.3. The van der Waals surface area contributed by atoms with E-state index in [1.807, 2.05) is 52.8 Å². The maximum Gasteiger partial charge on any atom is 0.245 e. The summed E-state index contributed by atoms with van der Waals surface area (Å²) in [5, 5.41) is 15.4. The van der Waals surface area contributed by atoms with Gasteiger partial charge in [0.15, 0.2) is 0 Å². The predicted molar refractivity (Wildman–Crippen MR) is 138 cm³/mol. The van der Waals surface area contributed by atoms with Gasteiger partial charge in [-0.05, 0) is 63.1 Å². The van der Waals surface area contributed by atoms with Crippen LogP contribution in [0.2, 0.25) is 5.02 Å². The molecule has 192 valence electrons. The zero-order valence-electron chi connectivity index (χ0n) is 21.7. The first-order chi connectivity index (χ1) is 16.4. The largest absolute Gasteiger partial charge is 0.344 e. The molecule has 1 aromatic rings. The fourth-order valence-corrected chi connectivity index (χ4v) is 4.76. The summed E-state index contributed by atoms with van der Waals surface area (Å²) in [5.74, 6) is -0.642. The van der Waals surface area contributed by atoms with Crippen LogP contribution in [0.5, 0.6) is 0 Å². The number of benzene rings is 1. The molecule has 3 amide bonds. The number of halogens is 1. The van der Waals surface area contributed by atoms with Crippen LogP contribution < -0.4 is 10.6 Å². The molecule has 4 atom stereocenters. The summed E-state index contributed by atoms with van der Waals surface area (Å²) in [5.41, 5.74) is -0.0790. The molecule has 0 saturated carbocycles.